The first-order valence-electron chi connectivity index (χ1n) is 7.36. The Bertz CT molecular complexity index is 891. The number of carbonyl (C=O) groups is 1. The molecule has 3 rings (SSSR count). The molecule has 0 saturated heterocycles. The van der Waals surface area contributed by atoms with E-state index < -0.39 is 0 Å². The van der Waals surface area contributed by atoms with Gasteiger partial charge >= 0.3 is 0 Å². The van der Waals surface area contributed by atoms with Crippen LogP contribution in [0.3, 0.4) is 0 Å². The molecule has 2 aromatic carbocycles. The number of fused-ring (bicyclic) bond motifs is 1. The Hall–Kier alpha value is -2.47. The number of thiazole rings is 1. The molecule has 1 aromatic heterocycles. The van der Waals surface area contributed by atoms with E-state index in [9.17, 15) is 9.18 Å². The van der Waals surface area contributed by atoms with Crippen LogP contribution in [0.2, 0.25) is 0 Å². The highest BCUT2D eigenvalue weighted by molar-refractivity contribution is 7.18. The number of methoxy groups -OCH3 is 2. The van der Waals surface area contributed by atoms with E-state index in [0.29, 0.717) is 16.5 Å². The van der Waals surface area contributed by atoms with E-state index in [0.717, 1.165) is 15.8 Å². The topological polar surface area (TPSA) is 48.4 Å². The first kappa shape index (κ1) is 16.4. The average molecular weight is 345 g/mol. The van der Waals surface area contributed by atoms with Crippen LogP contribution in [0.5, 0.6) is 11.5 Å². The van der Waals surface area contributed by atoms with Gasteiger partial charge in [0.05, 0.1) is 30.9 Å². The van der Waals surface area contributed by atoms with Crippen LogP contribution in [0.4, 0.5) is 4.39 Å². The molecular weight excluding hydrogens is 329 g/mol. The lowest BCUT2D eigenvalue weighted by Gasteiger charge is -2.09. The Morgan fingerprint density at radius 3 is 2.62 bits per heavy atom. The number of aromatic nitrogens is 1. The quantitative estimate of drug-likeness (QED) is 0.682. The molecule has 0 saturated carbocycles. The monoisotopic (exact) mass is 345 g/mol. The van der Waals surface area contributed by atoms with Crippen molar-refractivity contribution in [2.45, 2.75) is 12.8 Å². The van der Waals surface area contributed by atoms with Crippen LogP contribution < -0.4 is 9.47 Å². The lowest BCUT2D eigenvalue weighted by atomic mass is 10.1. The molecule has 1 heterocycles. The number of hydrogen-bond donors (Lipinski definition) is 0. The molecule has 0 atom stereocenters. The molecule has 24 heavy (non-hydrogen) atoms. The van der Waals surface area contributed by atoms with E-state index in [-0.39, 0.29) is 24.4 Å². The summed E-state index contributed by atoms with van der Waals surface area (Å²) in [5, 5.41) is 0.695. The largest absolute Gasteiger partial charge is 0.493 e. The molecule has 0 unspecified atom stereocenters. The number of rotatable bonds is 6. The fourth-order valence-electron chi connectivity index (χ4n) is 2.47. The Balaban J connectivity index is 1.72. The van der Waals surface area contributed by atoms with Crippen molar-refractivity contribution < 1.29 is 18.7 Å². The van der Waals surface area contributed by atoms with Crippen molar-refractivity contribution >= 4 is 27.3 Å². The van der Waals surface area contributed by atoms with E-state index >= 15 is 0 Å². The first-order chi connectivity index (χ1) is 11.6. The van der Waals surface area contributed by atoms with Crippen molar-refractivity contribution in [3.8, 4) is 11.5 Å². The molecule has 4 nitrogen and oxygen atoms in total. The van der Waals surface area contributed by atoms with Crippen molar-refractivity contribution in [2.24, 2.45) is 0 Å². The number of halogens is 1. The SMILES string of the molecule is COc1ccc(CC(=O)Cc2nc3ccc(F)cc3s2)cc1OC. The maximum Gasteiger partial charge on any atom is 0.161 e. The number of ether oxygens (including phenoxy) is 2. The van der Waals surface area contributed by atoms with Gasteiger partial charge in [0, 0.05) is 6.42 Å². The number of nitrogens with zero attached hydrogens (tertiary/aromatic N) is 1. The number of benzene rings is 2. The van der Waals surface area contributed by atoms with Crippen molar-refractivity contribution in [1.29, 1.82) is 0 Å². The lowest BCUT2D eigenvalue weighted by molar-refractivity contribution is -0.117. The highest BCUT2D eigenvalue weighted by Gasteiger charge is 2.12. The molecular formula is C18H16FNO3S. The smallest absolute Gasteiger partial charge is 0.161 e. The number of hydrogen-bond acceptors (Lipinski definition) is 5. The molecule has 0 aliphatic carbocycles. The van der Waals surface area contributed by atoms with E-state index in [1.165, 1.54) is 23.5 Å². The van der Waals surface area contributed by atoms with Crippen LogP contribution in [-0.4, -0.2) is 25.0 Å². The number of ketones is 1. The Morgan fingerprint density at radius 2 is 1.88 bits per heavy atom. The Morgan fingerprint density at radius 1 is 1.08 bits per heavy atom. The van der Waals surface area contributed by atoms with Gasteiger partial charge in [0.25, 0.3) is 0 Å². The normalized spacial score (nSPS) is 10.8. The fourth-order valence-corrected chi connectivity index (χ4v) is 3.49. The first-order valence-corrected chi connectivity index (χ1v) is 8.18. The minimum Gasteiger partial charge on any atom is -0.493 e. The van der Waals surface area contributed by atoms with E-state index in [2.05, 4.69) is 4.98 Å². The standard InChI is InChI=1S/C18H16FNO3S/c1-22-15-6-3-11(8-16(15)23-2)7-13(21)10-18-20-14-5-4-12(19)9-17(14)24-18/h3-6,8-9H,7,10H2,1-2H3. The lowest BCUT2D eigenvalue weighted by Crippen LogP contribution is -2.06. The van der Waals surface area contributed by atoms with Crippen LogP contribution in [0.15, 0.2) is 36.4 Å². The van der Waals surface area contributed by atoms with Crippen LogP contribution in [-0.2, 0) is 17.6 Å². The molecule has 124 valence electrons. The molecule has 0 spiro atoms. The molecule has 6 heteroatoms. The summed E-state index contributed by atoms with van der Waals surface area (Å²) in [5.74, 6) is 0.969. The fraction of sp³-hybridized carbons (Fsp3) is 0.222. The third kappa shape index (κ3) is 3.54. The summed E-state index contributed by atoms with van der Waals surface area (Å²) in [7, 11) is 3.13. The highest BCUT2D eigenvalue weighted by atomic mass is 32.1. The number of carbonyl (C=O) groups excluding carboxylic acids is 1. The van der Waals surface area contributed by atoms with Gasteiger partial charge in [-0.25, -0.2) is 9.37 Å². The third-order valence-corrected chi connectivity index (χ3v) is 4.61. The van der Waals surface area contributed by atoms with Gasteiger partial charge in [-0.3, -0.25) is 4.79 Å². The molecule has 0 aliphatic rings. The van der Waals surface area contributed by atoms with Gasteiger partial charge in [-0.15, -0.1) is 11.3 Å². The van der Waals surface area contributed by atoms with Gasteiger partial charge in [0.1, 0.15) is 16.6 Å². The zero-order valence-electron chi connectivity index (χ0n) is 13.3. The predicted molar refractivity (Wildman–Crippen MR) is 91.5 cm³/mol. The summed E-state index contributed by atoms with van der Waals surface area (Å²) >= 11 is 1.35. The molecule has 0 aliphatic heterocycles. The van der Waals surface area contributed by atoms with Crippen LogP contribution in [0.25, 0.3) is 10.2 Å². The third-order valence-electron chi connectivity index (χ3n) is 3.59. The summed E-state index contributed by atoms with van der Waals surface area (Å²) in [6, 6.07) is 9.86. The molecule has 0 radical (unpaired) electrons. The van der Waals surface area contributed by atoms with Crippen molar-refractivity contribution in [2.75, 3.05) is 14.2 Å². The zero-order chi connectivity index (χ0) is 17.1. The maximum absolute atomic E-state index is 13.2. The second-order valence-corrected chi connectivity index (χ2v) is 6.42. The minimum absolute atomic E-state index is 0.0433. The van der Waals surface area contributed by atoms with E-state index in [4.69, 9.17) is 9.47 Å². The van der Waals surface area contributed by atoms with E-state index in [1.807, 2.05) is 6.07 Å². The average Bonchev–Trinajstić information content (AvgIpc) is 2.95. The van der Waals surface area contributed by atoms with E-state index in [1.54, 1.807) is 32.4 Å². The van der Waals surface area contributed by atoms with Gasteiger partial charge in [0.2, 0.25) is 0 Å². The second kappa shape index (κ2) is 6.97. The zero-order valence-corrected chi connectivity index (χ0v) is 14.2. The van der Waals surface area contributed by atoms with Gasteiger partial charge in [-0.1, -0.05) is 6.07 Å². The van der Waals surface area contributed by atoms with Gasteiger partial charge in [-0.05, 0) is 35.9 Å². The van der Waals surface area contributed by atoms with Gasteiger partial charge in [0.15, 0.2) is 11.5 Å². The molecule has 0 fully saturated rings. The van der Waals surface area contributed by atoms with Crippen LogP contribution in [0, 0.1) is 5.82 Å². The molecule has 3 aromatic rings. The van der Waals surface area contributed by atoms with Crippen molar-refractivity contribution in [3.63, 3.8) is 0 Å². The minimum atomic E-state index is -0.297. The molecule has 0 N–H and O–H groups in total. The molecule has 0 bridgehead atoms. The highest BCUT2D eigenvalue weighted by Crippen LogP contribution is 2.28. The Kier molecular flexibility index (Phi) is 4.76. The van der Waals surface area contributed by atoms with Crippen LogP contribution >= 0.6 is 11.3 Å². The van der Waals surface area contributed by atoms with Crippen molar-refractivity contribution in [3.05, 3.63) is 52.8 Å². The van der Waals surface area contributed by atoms with Gasteiger partial charge < -0.3 is 9.47 Å². The Labute approximate surface area is 142 Å². The summed E-state index contributed by atoms with van der Waals surface area (Å²) in [6.07, 6.45) is 0.514. The number of Topliss-reactive ketones (excluding diaryl/α,β-unsaturated/α-hetero) is 1. The predicted octanol–water partition coefficient (Wildman–Crippen LogP) is 3.81. The maximum atomic E-state index is 13.2. The van der Waals surface area contributed by atoms with Gasteiger partial charge in [-0.2, -0.15) is 0 Å². The summed E-state index contributed by atoms with van der Waals surface area (Å²) in [5.41, 5.74) is 1.57. The molecule has 0 amide bonds. The summed E-state index contributed by atoms with van der Waals surface area (Å²) < 4.78 is 24.4. The van der Waals surface area contributed by atoms with Crippen molar-refractivity contribution in [1.82, 2.24) is 4.98 Å². The summed E-state index contributed by atoms with van der Waals surface area (Å²) in [6.45, 7) is 0. The van der Waals surface area contributed by atoms with Crippen LogP contribution in [0.1, 0.15) is 10.6 Å². The second-order valence-electron chi connectivity index (χ2n) is 5.30. The summed E-state index contributed by atoms with van der Waals surface area (Å²) in [4.78, 5) is 16.7.